The number of hydrazone groups is 1. The smallest absolute Gasteiger partial charge is 0.313 e. The molecule has 1 amide bonds. The monoisotopic (exact) mass is 1120 g/mol. The van der Waals surface area contributed by atoms with E-state index in [1.54, 1.807) is 10.6 Å². The first-order chi connectivity index (χ1) is 39.2. The molecule has 22 nitrogen and oxygen atoms in total. The molecular weight excluding hydrogens is 1040 g/mol. The molecule has 1 atom stereocenters. The number of amides is 1. The number of rotatable bonds is 44. The van der Waals surface area contributed by atoms with Gasteiger partial charge in [0, 0.05) is 17.5 Å². The number of benzene rings is 2. The number of aryl methyl sites for hydroxylation is 1. The summed E-state index contributed by atoms with van der Waals surface area (Å²) >= 11 is 0. The second kappa shape index (κ2) is 36.8. The Morgan fingerprint density at radius 2 is 1.14 bits per heavy atom. The minimum Gasteiger partial charge on any atom is -0.491 e. The molecule has 3 N–H and O–H groups in total. The Kier molecular flexibility index (Phi) is 29.3. The lowest BCUT2D eigenvalue weighted by molar-refractivity contribution is -0.148. The first kappa shape index (κ1) is 63.7. The quantitative estimate of drug-likeness (QED) is 0.0234. The molecular formula is C58H83N5O17. The van der Waals surface area contributed by atoms with Crippen molar-refractivity contribution in [2.75, 3.05) is 165 Å². The van der Waals surface area contributed by atoms with Crippen molar-refractivity contribution in [1.29, 1.82) is 0 Å². The van der Waals surface area contributed by atoms with E-state index in [1.807, 2.05) is 63.2 Å². The highest BCUT2D eigenvalue weighted by molar-refractivity contribution is 6.02. The SMILES string of the molecule is CCc1c2c(nc3ccc(OCC(=O)N/N=C(/c4ccc(OCCOCCOCCOCCOCCOCCOCCOCCOCCOCCOCCOCCN)cc4)C(C)C)cc13)-c1cc3c(c(=O)n1C2)COC(=O)[C@@H]3CC. The van der Waals surface area contributed by atoms with Gasteiger partial charge in [-0.3, -0.25) is 14.4 Å². The molecule has 2 aromatic carbocycles. The number of hydrogen-bond acceptors (Lipinski definition) is 20. The van der Waals surface area contributed by atoms with Crippen molar-refractivity contribution < 1.29 is 75.9 Å². The van der Waals surface area contributed by atoms with E-state index in [2.05, 4.69) is 17.5 Å². The van der Waals surface area contributed by atoms with Crippen LogP contribution in [0.3, 0.4) is 0 Å². The number of esters is 1. The topological polar surface area (TPSA) is 249 Å². The molecule has 0 bridgehead atoms. The Bertz CT molecular complexity index is 2560. The van der Waals surface area contributed by atoms with Gasteiger partial charge < -0.3 is 76.6 Å². The molecule has 2 aromatic heterocycles. The summed E-state index contributed by atoms with van der Waals surface area (Å²) in [7, 11) is 0. The molecule has 2 aliphatic heterocycles. The van der Waals surface area contributed by atoms with Crippen molar-refractivity contribution in [2.45, 2.75) is 59.6 Å². The second-order valence-corrected chi connectivity index (χ2v) is 18.7. The average Bonchev–Trinajstić information content (AvgIpc) is 4.09. The lowest BCUT2D eigenvalue weighted by Gasteiger charge is -2.24. The molecule has 0 fully saturated rings. The van der Waals surface area contributed by atoms with Crippen LogP contribution in [0, 0.1) is 5.92 Å². The highest BCUT2D eigenvalue weighted by Gasteiger charge is 2.35. The third-order valence-corrected chi connectivity index (χ3v) is 12.8. The molecule has 442 valence electrons. The number of aromatic nitrogens is 2. The van der Waals surface area contributed by atoms with Gasteiger partial charge in [0.25, 0.3) is 11.5 Å². The maximum atomic E-state index is 13.7. The predicted octanol–water partition coefficient (Wildman–Crippen LogP) is 4.61. The van der Waals surface area contributed by atoms with E-state index in [4.69, 9.17) is 77.0 Å². The van der Waals surface area contributed by atoms with E-state index in [-0.39, 0.29) is 30.7 Å². The normalized spacial score (nSPS) is 13.9. The lowest BCUT2D eigenvalue weighted by atomic mass is 9.90. The highest BCUT2D eigenvalue weighted by Crippen LogP contribution is 2.39. The van der Waals surface area contributed by atoms with Gasteiger partial charge in [-0.05, 0) is 84.0 Å². The van der Waals surface area contributed by atoms with Crippen LogP contribution in [0.2, 0.25) is 0 Å². The molecule has 4 heterocycles. The van der Waals surface area contributed by atoms with Crippen molar-refractivity contribution in [3.8, 4) is 22.9 Å². The fraction of sp³-hybridized carbons (Fsp3) is 0.603. The number of hydrogen-bond donors (Lipinski definition) is 2. The van der Waals surface area contributed by atoms with Crippen LogP contribution < -0.4 is 26.2 Å². The number of ether oxygens (including phenoxy) is 14. The van der Waals surface area contributed by atoms with Crippen molar-refractivity contribution >= 4 is 28.5 Å². The predicted molar refractivity (Wildman–Crippen MR) is 298 cm³/mol. The maximum Gasteiger partial charge on any atom is 0.313 e. The van der Waals surface area contributed by atoms with Gasteiger partial charge in [0.1, 0.15) is 24.7 Å². The average molecular weight is 1120 g/mol. The Morgan fingerprint density at radius 3 is 1.61 bits per heavy atom. The number of carbonyl (C=O) groups excluding carboxylic acids is 2. The zero-order valence-electron chi connectivity index (χ0n) is 47.1. The largest absolute Gasteiger partial charge is 0.491 e. The second-order valence-electron chi connectivity index (χ2n) is 18.7. The number of cyclic esters (lactones) is 1. The van der Waals surface area contributed by atoms with Gasteiger partial charge in [-0.25, -0.2) is 10.4 Å². The van der Waals surface area contributed by atoms with Gasteiger partial charge >= 0.3 is 5.97 Å². The van der Waals surface area contributed by atoms with Crippen LogP contribution in [0.15, 0.2) is 58.4 Å². The maximum absolute atomic E-state index is 13.7. The number of nitrogens with two attached hydrogens (primary N) is 1. The molecule has 0 saturated heterocycles. The van der Waals surface area contributed by atoms with Crippen molar-refractivity contribution in [2.24, 2.45) is 16.8 Å². The third kappa shape index (κ3) is 20.8. The summed E-state index contributed by atoms with van der Waals surface area (Å²) in [6.45, 7) is 19.6. The Labute approximate surface area is 469 Å². The van der Waals surface area contributed by atoms with Crippen LogP contribution in [-0.2, 0) is 86.0 Å². The van der Waals surface area contributed by atoms with Gasteiger partial charge in [0.15, 0.2) is 6.61 Å². The van der Waals surface area contributed by atoms with Gasteiger partial charge in [-0.15, -0.1) is 0 Å². The van der Waals surface area contributed by atoms with E-state index in [9.17, 15) is 14.4 Å². The van der Waals surface area contributed by atoms with E-state index in [0.29, 0.717) is 206 Å². The summed E-state index contributed by atoms with van der Waals surface area (Å²) in [6, 6.07) is 15.0. The van der Waals surface area contributed by atoms with Crippen LogP contribution in [0.4, 0.5) is 0 Å². The first-order valence-corrected chi connectivity index (χ1v) is 27.9. The summed E-state index contributed by atoms with van der Waals surface area (Å²) in [5, 5.41) is 5.35. The fourth-order valence-corrected chi connectivity index (χ4v) is 8.81. The van der Waals surface area contributed by atoms with E-state index in [1.165, 1.54) is 0 Å². The standard InChI is InChI=1S/C58H83N5O17/c1-5-46-49-37-45(11-12-52(49)60-56-50(46)39-63-53(56)38-48-47(6-2)58(66)80-40-51(48)57(63)65)79-41-54(64)61-62-55(42(3)4)43-7-9-44(10-8-43)78-36-35-77-34-33-76-32-31-75-30-29-74-28-27-73-26-25-72-24-23-71-22-21-70-20-19-69-18-17-68-16-15-67-14-13-59/h7-12,37-38,42,47H,5-6,13-36,39-41,59H2,1-4H3,(H,61,64)/b62-55+/t47-/m1/s1. The van der Waals surface area contributed by atoms with Crippen molar-refractivity contribution in [3.63, 3.8) is 0 Å². The van der Waals surface area contributed by atoms with Crippen LogP contribution in [-0.4, -0.2) is 192 Å². The molecule has 80 heavy (non-hydrogen) atoms. The lowest BCUT2D eigenvalue weighted by Crippen LogP contribution is -2.32. The Morgan fingerprint density at radius 1 is 0.650 bits per heavy atom. The summed E-state index contributed by atoms with van der Waals surface area (Å²) < 4.78 is 79.4. The Hall–Kier alpha value is -5.47. The van der Waals surface area contributed by atoms with Crippen LogP contribution in [0.25, 0.3) is 22.3 Å². The van der Waals surface area contributed by atoms with Crippen molar-refractivity contribution in [3.05, 3.63) is 86.7 Å². The van der Waals surface area contributed by atoms with E-state index < -0.39 is 11.8 Å². The van der Waals surface area contributed by atoms with Gasteiger partial charge in [0.2, 0.25) is 0 Å². The molecule has 0 aliphatic carbocycles. The summed E-state index contributed by atoms with van der Waals surface area (Å²) in [5.41, 5.74) is 14.9. The zero-order chi connectivity index (χ0) is 56.6. The molecule has 4 aromatic rings. The molecule has 0 unspecified atom stereocenters. The molecule has 0 spiro atoms. The molecule has 6 rings (SSSR count). The summed E-state index contributed by atoms with van der Waals surface area (Å²) in [6.07, 6.45) is 1.23. The van der Waals surface area contributed by atoms with Gasteiger partial charge in [0.05, 0.1) is 186 Å². The molecule has 22 heteroatoms. The molecule has 2 aliphatic rings. The van der Waals surface area contributed by atoms with Gasteiger partial charge in [-0.1, -0.05) is 27.7 Å². The van der Waals surface area contributed by atoms with Crippen molar-refractivity contribution in [1.82, 2.24) is 15.0 Å². The number of nitrogens with zero attached hydrogens (tertiary/aromatic N) is 3. The minimum absolute atomic E-state index is 0.0107. The molecule has 0 saturated carbocycles. The summed E-state index contributed by atoms with van der Waals surface area (Å²) in [4.78, 5) is 44.3. The number of fused-ring (bicyclic) bond motifs is 5. The van der Waals surface area contributed by atoms with E-state index >= 15 is 0 Å². The highest BCUT2D eigenvalue weighted by atomic mass is 16.6. The van der Waals surface area contributed by atoms with Gasteiger partial charge in [-0.2, -0.15) is 5.10 Å². The molecule has 0 radical (unpaired) electrons. The zero-order valence-corrected chi connectivity index (χ0v) is 47.1. The van der Waals surface area contributed by atoms with E-state index in [0.717, 1.165) is 38.9 Å². The minimum atomic E-state index is -0.476. The first-order valence-electron chi connectivity index (χ1n) is 27.9. The van der Waals surface area contributed by atoms with Crippen LogP contribution in [0.5, 0.6) is 11.5 Å². The third-order valence-electron chi connectivity index (χ3n) is 12.8. The Balaban J connectivity index is 0.739. The number of pyridine rings is 2. The van der Waals surface area contributed by atoms with Crippen LogP contribution >= 0.6 is 0 Å². The van der Waals surface area contributed by atoms with Crippen LogP contribution in [0.1, 0.15) is 67.9 Å². The summed E-state index contributed by atoms with van der Waals surface area (Å²) in [5.74, 6) is 0.00574. The fourth-order valence-electron chi connectivity index (χ4n) is 8.81. The number of nitrogens with one attached hydrogen (secondary N) is 1. The number of carbonyl (C=O) groups is 2.